The molecule has 7 nitrogen and oxygen atoms in total. The highest BCUT2D eigenvalue weighted by atomic mass is 32.2. The Kier molecular flexibility index (Phi) is 6.96. The van der Waals surface area contributed by atoms with E-state index < -0.39 is 0 Å². The van der Waals surface area contributed by atoms with Crippen LogP contribution in [0.3, 0.4) is 0 Å². The standard InChI is InChI=1S/C22H29N5O2S/c1-2-6-22-25-19-8-7-18(16-20(19)29-22)28-14-5-3-4-11-26-12-13-27(30-26)17-9-10-24-21(23)15-17/h7-10,15-16H,2-6,11-14H2,1H3,(H2,23,24). The van der Waals surface area contributed by atoms with Crippen LogP contribution < -0.4 is 14.8 Å². The Morgan fingerprint density at radius 1 is 1.17 bits per heavy atom. The number of pyridine rings is 1. The van der Waals surface area contributed by atoms with Crippen LogP contribution in [0, 0.1) is 0 Å². The number of aryl methyl sites for hydroxylation is 1. The topological polar surface area (TPSA) is 80.7 Å². The van der Waals surface area contributed by atoms with Gasteiger partial charge in [-0.25, -0.2) is 14.3 Å². The average molecular weight is 428 g/mol. The van der Waals surface area contributed by atoms with Crippen LogP contribution in [-0.4, -0.2) is 40.5 Å². The summed E-state index contributed by atoms with van der Waals surface area (Å²) in [6, 6.07) is 9.82. The molecule has 3 heterocycles. The highest BCUT2D eigenvalue weighted by Crippen LogP contribution is 2.30. The first-order chi connectivity index (χ1) is 14.7. The number of anilines is 2. The molecule has 0 saturated carbocycles. The molecular weight excluding hydrogens is 398 g/mol. The molecule has 160 valence electrons. The third-order valence-electron chi connectivity index (χ3n) is 5.01. The van der Waals surface area contributed by atoms with Gasteiger partial charge < -0.3 is 19.2 Å². The molecule has 0 spiro atoms. The van der Waals surface area contributed by atoms with E-state index in [9.17, 15) is 0 Å². The van der Waals surface area contributed by atoms with E-state index in [1.807, 2.05) is 30.3 Å². The van der Waals surface area contributed by atoms with Crippen LogP contribution in [0.2, 0.25) is 0 Å². The van der Waals surface area contributed by atoms with Crippen molar-refractivity contribution in [1.82, 2.24) is 14.3 Å². The molecule has 1 aliphatic heterocycles. The molecule has 2 N–H and O–H groups in total. The van der Waals surface area contributed by atoms with Crippen molar-refractivity contribution in [3.05, 3.63) is 42.4 Å². The summed E-state index contributed by atoms with van der Waals surface area (Å²) in [5, 5.41) is 0. The lowest BCUT2D eigenvalue weighted by Crippen LogP contribution is -2.14. The van der Waals surface area contributed by atoms with Crippen LogP contribution in [0.15, 0.2) is 40.9 Å². The number of aromatic nitrogens is 2. The minimum atomic E-state index is 0.565. The molecule has 0 aliphatic carbocycles. The number of nitrogen functional groups attached to an aromatic ring is 1. The van der Waals surface area contributed by atoms with Crippen molar-refractivity contribution < 1.29 is 9.15 Å². The second-order valence-electron chi connectivity index (χ2n) is 7.45. The smallest absolute Gasteiger partial charge is 0.195 e. The normalized spacial score (nSPS) is 14.6. The Bertz CT molecular complexity index is 964. The molecule has 4 rings (SSSR count). The molecule has 1 aromatic carbocycles. The number of nitrogens with zero attached hydrogens (tertiary/aromatic N) is 4. The summed E-state index contributed by atoms with van der Waals surface area (Å²) >= 11 is 1.78. The largest absolute Gasteiger partial charge is 0.493 e. The predicted molar refractivity (Wildman–Crippen MR) is 123 cm³/mol. The average Bonchev–Trinajstić information content (AvgIpc) is 3.37. The number of hydrogen-bond donors (Lipinski definition) is 1. The van der Waals surface area contributed by atoms with Crippen LogP contribution >= 0.6 is 12.1 Å². The monoisotopic (exact) mass is 427 g/mol. The number of unbranched alkanes of at least 4 members (excludes halogenated alkanes) is 2. The molecule has 8 heteroatoms. The minimum Gasteiger partial charge on any atom is -0.493 e. The third-order valence-corrected chi connectivity index (χ3v) is 6.19. The Morgan fingerprint density at radius 2 is 2.10 bits per heavy atom. The van der Waals surface area contributed by atoms with Crippen molar-refractivity contribution in [1.29, 1.82) is 0 Å². The van der Waals surface area contributed by atoms with Gasteiger partial charge in [0, 0.05) is 56.5 Å². The van der Waals surface area contributed by atoms with Crippen LogP contribution in [0.5, 0.6) is 5.75 Å². The van der Waals surface area contributed by atoms with E-state index in [1.54, 1.807) is 18.3 Å². The molecule has 0 amide bonds. The van der Waals surface area contributed by atoms with Crippen LogP contribution in [0.1, 0.15) is 38.5 Å². The molecular formula is C22H29N5O2S. The maximum absolute atomic E-state index is 5.91. The summed E-state index contributed by atoms with van der Waals surface area (Å²) in [4.78, 5) is 8.55. The lowest BCUT2D eigenvalue weighted by Gasteiger charge is -2.18. The maximum Gasteiger partial charge on any atom is 0.195 e. The van der Waals surface area contributed by atoms with Crippen LogP contribution in [0.25, 0.3) is 11.1 Å². The summed E-state index contributed by atoms with van der Waals surface area (Å²) in [6.07, 6.45) is 7.00. The van der Waals surface area contributed by atoms with E-state index in [-0.39, 0.29) is 0 Å². The van der Waals surface area contributed by atoms with Crippen LogP contribution in [0.4, 0.5) is 11.5 Å². The van der Waals surface area contributed by atoms with E-state index in [2.05, 4.69) is 25.5 Å². The summed E-state index contributed by atoms with van der Waals surface area (Å²) < 4.78 is 16.4. The maximum atomic E-state index is 5.91. The van der Waals surface area contributed by atoms with Gasteiger partial charge in [-0.15, -0.1) is 0 Å². The second kappa shape index (κ2) is 10.0. The minimum absolute atomic E-state index is 0.565. The molecule has 1 saturated heterocycles. The van der Waals surface area contributed by atoms with Gasteiger partial charge in [-0.1, -0.05) is 6.92 Å². The Balaban J connectivity index is 1.14. The SMILES string of the molecule is CCCc1nc2ccc(OCCCCCN3CCN(c4ccnc(N)c4)S3)cc2o1. The van der Waals surface area contributed by atoms with Gasteiger partial charge in [0.25, 0.3) is 0 Å². The lowest BCUT2D eigenvalue weighted by molar-refractivity contribution is 0.303. The second-order valence-corrected chi connectivity index (χ2v) is 8.57. The summed E-state index contributed by atoms with van der Waals surface area (Å²) in [5.74, 6) is 2.22. The number of ether oxygens (including phenoxy) is 1. The van der Waals surface area contributed by atoms with E-state index in [1.165, 1.54) is 0 Å². The Labute approximate surface area is 181 Å². The van der Waals surface area contributed by atoms with Gasteiger partial charge in [0.1, 0.15) is 17.1 Å². The van der Waals surface area contributed by atoms with Gasteiger partial charge in [-0.3, -0.25) is 0 Å². The number of rotatable bonds is 10. The van der Waals surface area contributed by atoms with Gasteiger partial charge in [-0.2, -0.15) is 0 Å². The molecule has 1 fully saturated rings. The number of nitrogens with two attached hydrogens (primary N) is 1. The van der Waals surface area contributed by atoms with Crippen molar-refractivity contribution in [3.8, 4) is 5.75 Å². The summed E-state index contributed by atoms with van der Waals surface area (Å²) in [7, 11) is 0. The zero-order valence-electron chi connectivity index (χ0n) is 17.4. The van der Waals surface area contributed by atoms with Gasteiger partial charge in [-0.05, 0) is 43.9 Å². The molecule has 30 heavy (non-hydrogen) atoms. The van der Waals surface area contributed by atoms with Crippen molar-refractivity contribution in [2.45, 2.75) is 39.0 Å². The molecule has 0 radical (unpaired) electrons. The molecule has 0 atom stereocenters. The molecule has 0 unspecified atom stereocenters. The number of hydrogen-bond acceptors (Lipinski definition) is 8. The quantitative estimate of drug-likeness (QED) is 0.369. The Morgan fingerprint density at radius 3 is 2.97 bits per heavy atom. The Hall–Kier alpha value is -2.45. The number of benzene rings is 1. The third kappa shape index (κ3) is 5.37. The van der Waals surface area contributed by atoms with Crippen molar-refractivity contribution in [2.24, 2.45) is 0 Å². The fourth-order valence-electron chi connectivity index (χ4n) is 3.46. The zero-order valence-corrected chi connectivity index (χ0v) is 18.2. The molecule has 2 aromatic heterocycles. The van der Waals surface area contributed by atoms with Gasteiger partial charge in [0.05, 0.1) is 12.3 Å². The van der Waals surface area contributed by atoms with Crippen molar-refractivity contribution in [3.63, 3.8) is 0 Å². The van der Waals surface area contributed by atoms with E-state index in [0.717, 1.165) is 86.8 Å². The number of oxazole rings is 1. The highest BCUT2D eigenvalue weighted by molar-refractivity contribution is 7.98. The van der Waals surface area contributed by atoms with Crippen molar-refractivity contribution in [2.75, 3.05) is 36.3 Å². The zero-order chi connectivity index (χ0) is 20.8. The molecule has 0 bridgehead atoms. The molecule has 1 aliphatic rings. The lowest BCUT2D eigenvalue weighted by atomic mass is 10.2. The van der Waals surface area contributed by atoms with Gasteiger partial charge >= 0.3 is 0 Å². The summed E-state index contributed by atoms with van der Waals surface area (Å²) in [5.41, 5.74) is 8.62. The van der Waals surface area contributed by atoms with E-state index in [0.29, 0.717) is 5.82 Å². The van der Waals surface area contributed by atoms with E-state index >= 15 is 0 Å². The fraction of sp³-hybridized carbons (Fsp3) is 0.455. The first-order valence-electron chi connectivity index (χ1n) is 10.7. The summed E-state index contributed by atoms with van der Waals surface area (Å²) in [6.45, 7) is 5.98. The molecule has 3 aromatic rings. The number of fused-ring (bicyclic) bond motifs is 1. The predicted octanol–water partition coefficient (Wildman–Crippen LogP) is 4.69. The van der Waals surface area contributed by atoms with E-state index in [4.69, 9.17) is 14.9 Å². The first kappa shape index (κ1) is 20.8. The fourth-order valence-corrected chi connectivity index (χ4v) is 4.49. The highest BCUT2D eigenvalue weighted by Gasteiger charge is 2.21. The van der Waals surface area contributed by atoms with Gasteiger partial charge in [0.2, 0.25) is 0 Å². The van der Waals surface area contributed by atoms with Crippen molar-refractivity contribution >= 4 is 34.7 Å². The first-order valence-corrected chi connectivity index (χ1v) is 11.4. The van der Waals surface area contributed by atoms with Gasteiger partial charge in [0.15, 0.2) is 11.5 Å². The van der Waals surface area contributed by atoms with Crippen LogP contribution in [-0.2, 0) is 6.42 Å².